The van der Waals surface area contributed by atoms with Gasteiger partial charge in [-0.05, 0) is 19.1 Å². The summed E-state index contributed by atoms with van der Waals surface area (Å²) in [5, 5.41) is 10.6. The summed E-state index contributed by atoms with van der Waals surface area (Å²) < 4.78 is 12.5. The van der Waals surface area contributed by atoms with Gasteiger partial charge in [0.1, 0.15) is 23.4 Å². The van der Waals surface area contributed by atoms with Crippen molar-refractivity contribution in [1.29, 1.82) is 0 Å². The molecule has 1 aromatic carbocycles. The lowest BCUT2D eigenvalue weighted by Gasteiger charge is -2.18. The predicted octanol–water partition coefficient (Wildman–Crippen LogP) is 2.00. The van der Waals surface area contributed by atoms with Crippen molar-refractivity contribution in [3.63, 3.8) is 0 Å². The van der Waals surface area contributed by atoms with E-state index in [1.807, 2.05) is 23.8 Å². The average Bonchev–Trinajstić information content (AvgIpc) is 2.93. The molecule has 0 saturated heterocycles. The summed E-state index contributed by atoms with van der Waals surface area (Å²) in [5.74, 6) is 1.74. The monoisotopic (exact) mass is 262 g/mol. The summed E-state index contributed by atoms with van der Waals surface area (Å²) >= 11 is 0. The number of imidazole rings is 1. The first kappa shape index (κ1) is 13.4. The molecule has 2 aromatic rings. The van der Waals surface area contributed by atoms with E-state index in [-0.39, 0.29) is 0 Å². The molecule has 1 unspecified atom stereocenters. The minimum Gasteiger partial charge on any atom is -0.496 e. The van der Waals surface area contributed by atoms with Crippen LogP contribution in [-0.2, 0) is 6.54 Å². The number of aliphatic hydroxyl groups excluding tert-OH is 1. The maximum atomic E-state index is 10.6. The summed E-state index contributed by atoms with van der Waals surface area (Å²) in [7, 11) is 3.13. The third kappa shape index (κ3) is 2.42. The summed E-state index contributed by atoms with van der Waals surface area (Å²) in [6, 6.07) is 5.40. The van der Waals surface area contributed by atoms with Gasteiger partial charge < -0.3 is 19.1 Å². The van der Waals surface area contributed by atoms with Gasteiger partial charge in [-0.3, -0.25) is 0 Å². The van der Waals surface area contributed by atoms with Gasteiger partial charge in [0, 0.05) is 18.9 Å². The van der Waals surface area contributed by atoms with E-state index in [0.717, 1.165) is 6.54 Å². The van der Waals surface area contributed by atoms with E-state index in [1.165, 1.54) is 0 Å². The molecule has 0 aliphatic rings. The van der Waals surface area contributed by atoms with Crippen LogP contribution in [0.2, 0.25) is 0 Å². The third-order valence-corrected chi connectivity index (χ3v) is 3.07. The first-order valence-corrected chi connectivity index (χ1v) is 6.12. The molecule has 0 saturated carbocycles. The maximum absolute atomic E-state index is 10.6. The summed E-state index contributed by atoms with van der Waals surface area (Å²) in [4.78, 5) is 4.22. The van der Waals surface area contributed by atoms with Crippen LogP contribution in [0.25, 0.3) is 0 Å². The van der Waals surface area contributed by atoms with Crippen molar-refractivity contribution in [2.45, 2.75) is 19.6 Å². The lowest BCUT2D eigenvalue weighted by molar-refractivity contribution is 0.194. The first-order valence-electron chi connectivity index (χ1n) is 6.12. The summed E-state index contributed by atoms with van der Waals surface area (Å²) in [5.41, 5.74) is 0.591. The van der Waals surface area contributed by atoms with Crippen LogP contribution in [0.5, 0.6) is 11.5 Å². The second kappa shape index (κ2) is 5.75. The Labute approximate surface area is 112 Å². The van der Waals surface area contributed by atoms with E-state index in [2.05, 4.69) is 4.98 Å². The van der Waals surface area contributed by atoms with E-state index in [1.54, 1.807) is 32.5 Å². The smallest absolute Gasteiger partial charge is 0.144 e. The van der Waals surface area contributed by atoms with Gasteiger partial charge in [-0.1, -0.05) is 6.07 Å². The number of hydrogen-bond donors (Lipinski definition) is 1. The molecule has 0 fully saturated rings. The van der Waals surface area contributed by atoms with Crippen LogP contribution >= 0.6 is 0 Å². The SMILES string of the molecule is CCn1ccnc1C(O)c1c(OC)cccc1OC. The molecule has 5 heteroatoms. The van der Waals surface area contributed by atoms with Gasteiger partial charge in [0.2, 0.25) is 0 Å². The third-order valence-electron chi connectivity index (χ3n) is 3.07. The molecule has 2 rings (SSSR count). The van der Waals surface area contributed by atoms with Crippen molar-refractivity contribution in [2.75, 3.05) is 14.2 Å². The number of ether oxygens (including phenoxy) is 2. The Hall–Kier alpha value is -2.01. The van der Waals surface area contributed by atoms with E-state index in [4.69, 9.17) is 9.47 Å². The predicted molar refractivity (Wildman–Crippen MR) is 71.5 cm³/mol. The number of rotatable bonds is 5. The van der Waals surface area contributed by atoms with Crippen LogP contribution in [-0.4, -0.2) is 28.9 Å². The summed E-state index contributed by atoms with van der Waals surface area (Å²) in [6.07, 6.45) is 2.62. The van der Waals surface area contributed by atoms with Crippen LogP contribution < -0.4 is 9.47 Å². The highest BCUT2D eigenvalue weighted by atomic mass is 16.5. The second-order valence-corrected chi connectivity index (χ2v) is 4.05. The molecule has 0 spiro atoms. The van der Waals surface area contributed by atoms with Gasteiger partial charge in [-0.25, -0.2) is 4.98 Å². The van der Waals surface area contributed by atoms with Crippen molar-refractivity contribution >= 4 is 0 Å². The molecule has 19 heavy (non-hydrogen) atoms. The minimum absolute atomic E-state index is 0.574. The van der Waals surface area contributed by atoms with Crippen LogP contribution in [0.15, 0.2) is 30.6 Å². The van der Waals surface area contributed by atoms with Gasteiger partial charge in [0.05, 0.1) is 19.8 Å². The van der Waals surface area contributed by atoms with Gasteiger partial charge >= 0.3 is 0 Å². The van der Waals surface area contributed by atoms with Crippen LogP contribution in [0.3, 0.4) is 0 Å². The Morgan fingerprint density at radius 3 is 2.42 bits per heavy atom. The Balaban J connectivity index is 2.51. The number of hydrogen-bond acceptors (Lipinski definition) is 4. The van der Waals surface area contributed by atoms with Crippen molar-refractivity contribution in [3.8, 4) is 11.5 Å². The molecular weight excluding hydrogens is 244 g/mol. The lowest BCUT2D eigenvalue weighted by atomic mass is 10.1. The number of aliphatic hydroxyl groups is 1. The molecule has 1 atom stereocenters. The molecule has 0 radical (unpaired) electrons. The Morgan fingerprint density at radius 2 is 1.89 bits per heavy atom. The molecule has 0 aliphatic carbocycles. The normalized spacial score (nSPS) is 12.2. The molecule has 0 aliphatic heterocycles. The standard InChI is InChI=1S/C14H18N2O3/c1-4-16-9-8-15-14(16)13(17)12-10(18-2)6-5-7-11(12)19-3/h5-9,13,17H,4H2,1-3H3. The van der Waals surface area contributed by atoms with E-state index >= 15 is 0 Å². The molecule has 1 aromatic heterocycles. The average molecular weight is 262 g/mol. The fraction of sp³-hybridized carbons (Fsp3) is 0.357. The van der Waals surface area contributed by atoms with Crippen molar-refractivity contribution < 1.29 is 14.6 Å². The topological polar surface area (TPSA) is 56.5 Å². The van der Waals surface area contributed by atoms with Gasteiger partial charge in [0.25, 0.3) is 0 Å². The fourth-order valence-corrected chi connectivity index (χ4v) is 2.11. The van der Waals surface area contributed by atoms with Crippen LogP contribution in [0, 0.1) is 0 Å². The highest BCUT2D eigenvalue weighted by Crippen LogP contribution is 2.36. The molecular formula is C14H18N2O3. The van der Waals surface area contributed by atoms with Gasteiger partial charge in [-0.15, -0.1) is 0 Å². The summed E-state index contributed by atoms with van der Waals surface area (Å²) in [6.45, 7) is 2.74. The molecule has 5 nitrogen and oxygen atoms in total. The lowest BCUT2D eigenvalue weighted by Crippen LogP contribution is -2.11. The van der Waals surface area contributed by atoms with E-state index in [0.29, 0.717) is 22.9 Å². The molecule has 102 valence electrons. The van der Waals surface area contributed by atoms with Crippen LogP contribution in [0.1, 0.15) is 24.4 Å². The van der Waals surface area contributed by atoms with Gasteiger partial charge in [0.15, 0.2) is 0 Å². The van der Waals surface area contributed by atoms with Crippen molar-refractivity contribution in [2.24, 2.45) is 0 Å². The Kier molecular flexibility index (Phi) is 4.06. The fourth-order valence-electron chi connectivity index (χ4n) is 2.11. The van der Waals surface area contributed by atoms with Crippen molar-refractivity contribution in [3.05, 3.63) is 42.0 Å². The van der Waals surface area contributed by atoms with Crippen molar-refractivity contribution in [1.82, 2.24) is 9.55 Å². The maximum Gasteiger partial charge on any atom is 0.144 e. The highest BCUT2D eigenvalue weighted by molar-refractivity contribution is 5.48. The molecule has 1 heterocycles. The number of aromatic nitrogens is 2. The Morgan fingerprint density at radius 1 is 1.26 bits per heavy atom. The van der Waals surface area contributed by atoms with Gasteiger partial charge in [-0.2, -0.15) is 0 Å². The number of benzene rings is 1. The zero-order valence-electron chi connectivity index (χ0n) is 11.3. The second-order valence-electron chi connectivity index (χ2n) is 4.05. The zero-order chi connectivity index (χ0) is 13.8. The van der Waals surface area contributed by atoms with E-state index < -0.39 is 6.10 Å². The minimum atomic E-state index is -0.888. The Bertz CT molecular complexity index is 529. The first-order chi connectivity index (χ1) is 9.22. The quantitative estimate of drug-likeness (QED) is 0.895. The number of nitrogens with zero attached hydrogens (tertiary/aromatic N) is 2. The zero-order valence-corrected chi connectivity index (χ0v) is 11.3. The molecule has 0 amide bonds. The highest BCUT2D eigenvalue weighted by Gasteiger charge is 2.23. The number of aryl methyl sites for hydroxylation is 1. The van der Waals surface area contributed by atoms with E-state index in [9.17, 15) is 5.11 Å². The molecule has 1 N–H and O–H groups in total. The van der Waals surface area contributed by atoms with Crippen LogP contribution in [0.4, 0.5) is 0 Å². The number of methoxy groups -OCH3 is 2. The molecule has 0 bridgehead atoms. The largest absolute Gasteiger partial charge is 0.496 e.